The summed E-state index contributed by atoms with van der Waals surface area (Å²) >= 11 is 0. The maximum atomic E-state index is 13.0. The molecule has 2 aliphatic rings. The lowest BCUT2D eigenvalue weighted by atomic mass is 9.72. The summed E-state index contributed by atoms with van der Waals surface area (Å²) in [6, 6.07) is 13.5. The van der Waals surface area contributed by atoms with Crippen molar-refractivity contribution in [2.45, 2.75) is 75.4 Å². The largest absolute Gasteiger partial charge is 0.487 e. The normalized spacial score (nSPS) is 20.6. The maximum absolute atomic E-state index is 13.0. The van der Waals surface area contributed by atoms with E-state index in [2.05, 4.69) is 10.6 Å². The fourth-order valence-electron chi connectivity index (χ4n) is 4.94. The minimum absolute atomic E-state index is 0.182. The number of halogens is 3. The van der Waals surface area contributed by atoms with E-state index < -0.39 is 24.7 Å². The van der Waals surface area contributed by atoms with Crippen LogP contribution in [0, 0.1) is 0 Å². The number of benzene rings is 2. The number of fused-ring (bicyclic) bond motifs is 1. The van der Waals surface area contributed by atoms with Crippen LogP contribution in [-0.4, -0.2) is 41.5 Å². The molecule has 1 heterocycles. The van der Waals surface area contributed by atoms with E-state index in [4.69, 9.17) is 4.74 Å². The Balaban J connectivity index is 1.50. The van der Waals surface area contributed by atoms with Gasteiger partial charge in [-0.15, -0.1) is 0 Å². The molecule has 184 valence electrons. The maximum Gasteiger partial charge on any atom is 0.393 e. The monoisotopic (exact) mass is 476 g/mol. The van der Waals surface area contributed by atoms with Crippen LogP contribution in [0.1, 0.15) is 55.3 Å². The van der Waals surface area contributed by atoms with Crippen LogP contribution in [0.5, 0.6) is 5.75 Å². The average molecular weight is 477 g/mol. The third-order valence-electron chi connectivity index (χ3n) is 6.75. The first-order valence-electron chi connectivity index (χ1n) is 11.7. The molecule has 0 bridgehead atoms. The van der Waals surface area contributed by atoms with Gasteiger partial charge in [-0.3, -0.25) is 4.79 Å². The molecule has 0 radical (unpaired) electrons. The fraction of sp³-hybridized carbons (Fsp3) is 0.500. The summed E-state index contributed by atoms with van der Waals surface area (Å²) in [7, 11) is 0. The van der Waals surface area contributed by atoms with E-state index in [1.165, 1.54) is 13.0 Å². The predicted octanol–water partition coefficient (Wildman–Crippen LogP) is 4.24. The highest BCUT2D eigenvalue weighted by molar-refractivity contribution is 5.73. The molecule has 3 atom stereocenters. The van der Waals surface area contributed by atoms with Crippen LogP contribution < -0.4 is 15.4 Å². The molecule has 1 amide bonds. The molecule has 1 saturated carbocycles. The van der Waals surface area contributed by atoms with Crippen molar-refractivity contribution in [2.24, 2.45) is 0 Å². The summed E-state index contributed by atoms with van der Waals surface area (Å²) in [4.78, 5) is 11.8. The van der Waals surface area contributed by atoms with Crippen molar-refractivity contribution in [3.8, 4) is 5.75 Å². The van der Waals surface area contributed by atoms with E-state index in [0.717, 1.165) is 24.8 Å². The van der Waals surface area contributed by atoms with E-state index in [1.54, 1.807) is 12.1 Å². The Morgan fingerprint density at radius 2 is 1.91 bits per heavy atom. The van der Waals surface area contributed by atoms with Crippen LogP contribution in [0.15, 0.2) is 48.5 Å². The molecule has 8 heteroatoms. The highest BCUT2D eigenvalue weighted by atomic mass is 19.4. The van der Waals surface area contributed by atoms with Gasteiger partial charge in [0.1, 0.15) is 11.4 Å². The van der Waals surface area contributed by atoms with Crippen LogP contribution >= 0.6 is 0 Å². The van der Waals surface area contributed by atoms with Gasteiger partial charge in [-0.2, -0.15) is 13.2 Å². The number of carbonyl (C=O) groups is 1. The van der Waals surface area contributed by atoms with Gasteiger partial charge in [0.15, 0.2) is 0 Å². The predicted molar refractivity (Wildman–Crippen MR) is 123 cm³/mol. The van der Waals surface area contributed by atoms with Crippen LogP contribution in [0.3, 0.4) is 0 Å². The van der Waals surface area contributed by atoms with Crippen LogP contribution in [0.25, 0.3) is 0 Å². The molecular formula is C26H31F3N2O3. The summed E-state index contributed by atoms with van der Waals surface area (Å²) in [6.07, 6.45) is -2.22. The number of aliphatic hydroxyl groups is 1. The molecule has 3 N–H and O–H groups in total. The van der Waals surface area contributed by atoms with Crippen molar-refractivity contribution in [2.75, 3.05) is 6.54 Å². The second-order valence-corrected chi connectivity index (χ2v) is 9.53. The van der Waals surface area contributed by atoms with Crippen LogP contribution in [-0.2, 0) is 17.6 Å². The lowest BCUT2D eigenvalue weighted by molar-refractivity contribution is -0.127. The zero-order valence-corrected chi connectivity index (χ0v) is 19.2. The first-order chi connectivity index (χ1) is 16.1. The number of hydrogen-bond acceptors (Lipinski definition) is 4. The zero-order chi connectivity index (χ0) is 24.3. The van der Waals surface area contributed by atoms with Gasteiger partial charge in [0.05, 0.1) is 18.6 Å². The summed E-state index contributed by atoms with van der Waals surface area (Å²) < 4.78 is 45.1. The second-order valence-electron chi connectivity index (χ2n) is 9.53. The Labute approximate surface area is 197 Å². The highest BCUT2D eigenvalue weighted by Crippen LogP contribution is 2.49. The summed E-state index contributed by atoms with van der Waals surface area (Å²) in [6.45, 7) is 1.59. The Morgan fingerprint density at radius 1 is 1.18 bits per heavy atom. The fourth-order valence-corrected chi connectivity index (χ4v) is 4.94. The molecule has 1 aliphatic heterocycles. The van der Waals surface area contributed by atoms with E-state index in [-0.39, 0.29) is 29.7 Å². The average Bonchev–Trinajstić information content (AvgIpc) is 2.75. The Bertz CT molecular complexity index is 993. The van der Waals surface area contributed by atoms with E-state index in [9.17, 15) is 23.1 Å². The van der Waals surface area contributed by atoms with Crippen LogP contribution in [0.4, 0.5) is 13.2 Å². The third-order valence-corrected chi connectivity index (χ3v) is 6.75. The number of rotatable bonds is 8. The van der Waals surface area contributed by atoms with Crippen molar-refractivity contribution in [3.05, 3.63) is 65.2 Å². The third kappa shape index (κ3) is 6.10. The molecule has 1 aliphatic carbocycles. The van der Waals surface area contributed by atoms with Gasteiger partial charge >= 0.3 is 6.18 Å². The molecule has 0 aromatic heterocycles. The van der Waals surface area contributed by atoms with Gasteiger partial charge < -0.3 is 20.5 Å². The summed E-state index contributed by atoms with van der Waals surface area (Å²) in [5, 5.41) is 17.1. The quantitative estimate of drug-likeness (QED) is 0.533. The van der Waals surface area contributed by atoms with Gasteiger partial charge in [0.2, 0.25) is 5.91 Å². The van der Waals surface area contributed by atoms with Gasteiger partial charge in [-0.05, 0) is 42.9 Å². The number of hydrogen-bond donors (Lipinski definition) is 3. The first kappa shape index (κ1) is 24.5. The zero-order valence-electron chi connectivity index (χ0n) is 19.2. The second kappa shape index (κ2) is 9.96. The van der Waals surface area contributed by atoms with Gasteiger partial charge in [0.25, 0.3) is 0 Å². The molecule has 34 heavy (non-hydrogen) atoms. The number of nitrogens with one attached hydrogen (secondary N) is 2. The van der Waals surface area contributed by atoms with Crippen LogP contribution in [0.2, 0.25) is 0 Å². The SMILES string of the molecule is CC(=O)N[C@@H](Cc1ccccc1)[C@H](O)CN[C@H]1CC2(CCC2)Oc2ccc(CC(F)(F)F)cc21. The van der Waals surface area contributed by atoms with E-state index in [1.807, 2.05) is 30.3 Å². The summed E-state index contributed by atoms with van der Waals surface area (Å²) in [5.74, 6) is 0.369. The number of ether oxygens (including phenoxy) is 1. The summed E-state index contributed by atoms with van der Waals surface area (Å²) in [5.41, 5.74) is 1.56. The minimum Gasteiger partial charge on any atom is -0.487 e. The Kier molecular flexibility index (Phi) is 7.19. The highest BCUT2D eigenvalue weighted by Gasteiger charge is 2.45. The lowest BCUT2D eigenvalue weighted by Gasteiger charge is -2.48. The Hall–Kier alpha value is -2.58. The minimum atomic E-state index is -4.29. The van der Waals surface area contributed by atoms with Gasteiger partial charge in [-0.1, -0.05) is 42.5 Å². The molecule has 1 spiro atoms. The molecule has 2 aromatic rings. The van der Waals surface area contributed by atoms with E-state index in [0.29, 0.717) is 24.2 Å². The molecular weight excluding hydrogens is 445 g/mol. The lowest BCUT2D eigenvalue weighted by Crippen LogP contribution is -2.52. The molecule has 2 aromatic carbocycles. The molecule has 0 unspecified atom stereocenters. The van der Waals surface area contributed by atoms with Crippen molar-refractivity contribution >= 4 is 5.91 Å². The topological polar surface area (TPSA) is 70.6 Å². The molecule has 0 saturated heterocycles. The molecule has 5 nitrogen and oxygen atoms in total. The number of alkyl halides is 3. The first-order valence-corrected chi connectivity index (χ1v) is 11.7. The van der Waals surface area contributed by atoms with E-state index >= 15 is 0 Å². The molecule has 4 rings (SSSR count). The van der Waals surface area contributed by atoms with Crippen molar-refractivity contribution < 1.29 is 27.8 Å². The van der Waals surface area contributed by atoms with Crippen molar-refractivity contribution in [1.29, 1.82) is 0 Å². The van der Waals surface area contributed by atoms with Crippen molar-refractivity contribution in [1.82, 2.24) is 10.6 Å². The number of aliphatic hydroxyl groups excluding tert-OH is 1. The smallest absolute Gasteiger partial charge is 0.393 e. The van der Waals surface area contributed by atoms with Crippen molar-refractivity contribution in [3.63, 3.8) is 0 Å². The molecule has 1 fully saturated rings. The van der Waals surface area contributed by atoms with Gasteiger partial charge in [-0.25, -0.2) is 0 Å². The number of amides is 1. The number of carbonyl (C=O) groups excluding carboxylic acids is 1. The standard InChI is InChI=1S/C26H31F3N2O3/c1-17(32)31-21(13-18-6-3-2-4-7-18)23(33)16-30-22-15-25(10-5-11-25)34-24-9-8-19(12-20(22)24)14-26(27,28)29/h2-4,6-9,12,21-23,30,33H,5,10-11,13-16H2,1H3,(H,31,32)/t21-,22-,23+/m0/s1. The Morgan fingerprint density at radius 3 is 2.53 bits per heavy atom. The van der Waals surface area contributed by atoms with Gasteiger partial charge in [0, 0.05) is 31.5 Å².